The molecule has 0 saturated carbocycles. The van der Waals surface area contributed by atoms with Crippen molar-refractivity contribution in [1.29, 1.82) is 0 Å². The molecule has 1 atom stereocenters. The molecule has 1 aliphatic rings. The Morgan fingerprint density at radius 3 is 2.96 bits per heavy atom. The van der Waals surface area contributed by atoms with Gasteiger partial charge in [-0.15, -0.1) is 10.2 Å². The predicted molar refractivity (Wildman–Crippen MR) is 104 cm³/mol. The van der Waals surface area contributed by atoms with Crippen LogP contribution in [0.3, 0.4) is 0 Å². The van der Waals surface area contributed by atoms with Gasteiger partial charge in [0.15, 0.2) is 4.34 Å². The summed E-state index contributed by atoms with van der Waals surface area (Å²) in [5, 5.41) is 11.7. The first-order chi connectivity index (χ1) is 12.6. The zero-order chi connectivity index (χ0) is 18.4. The van der Waals surface area contributed by atoms with Gasteiger partial charge >= 0.3 is 0 Å². The average Bonchev–Trinajstić information content (AvgIpc) is 3.09. The number of hydrogen-bond acceptors (Lipinski definition) is 6. The second kappa shape index (κ2) is 9.43. The molecule has 5 nitrogen and oxygen atoms in total. The summed E-state index contributed by atoms with van der Waals surface area (Å²) in [6, 6.07) is 6.56. The van der Waals surface area contributed by atoms with Gasteiger partial charge in [-0.1, -0.05) is 42.2 Å². The van der Waals surface area contributed by atoms with Gasteiger partial charge in [-0.3, -0.25) is 9.69 Å². The van der Waals surface area contributed by atoms with Gasteiger partial charge in [0.1, 0.15) is 5.82 Å². The molecule has 1 fully saturated rings. The number of carbonyl (C=O) groups is 1. The van der Waals surface area contributed by atoms with Gasteiger partial charge in [0, 0.05) is 18.8 Å². The average molecular weight is 395 g/mol. The number of nitrogens with zero attached hydrogens (tertiary/aromatic N) is 3. The van der Waals surface area contributed by atoms with E-state index in [4.69, 9.17) is 0 Å². The Labute approximate surface area is 161 Å². The molecular formula is C18H23FN4OS2. The lowest BCUT2D eigenvalue weighted by atomic mass is 9.97. The molecule has 1 aromatic heterocycles. The number of halogens is 1. The third-order valence-electron chi connectivity index (χ3n) is 4.26. The van der Waals surface area contributed by atoms with Crippen LogP contribution in [0.5, 0.6) is 0 Å². The van der Waals surface area contributed by atoms with Gasteiger partial charge in [-0.2, -0.15) is 0 Å². The van der Waals surface area contributed by atoms with Crippen molar-refractivity contribution in [2.24, 2.45) is 5.92 Å². The SMILES string of the molecule is CCCSc1nnc(NC(=O)[C@H]2CCCN(Cc3ccc(F)cc3)C2)s1. The Morgan fingerprint density at radius 2 is 2.19 bits per heavy atom. The van der Waals surface area contributed by atoms with Crippen molar-refractivity contribution < 1.29 is 9.18 Å². The normalized spacial score (nSPS) is 18.0. The predicted octanol–water partition coefficient (Wildman–Crippen LogP) is 4.03. The third-order valence-corrected chi connectivity index (χ3v) is 6.44. The Kier molecular flexibility index (Phi) is 6.99. The van der Waals surface area contributed by atoms with Gasteiger partial charge in [-0.05, 0) is 43.5 Å². The van der Waals surface area contributed by atoms with Gasteiger partial charge in [0.25, 0.3) is 0 Å². The quantitative estimate of drug-likeness (QED) is 0.568. The lowest BCUT2D eigenvalue weighted by Gasteiger charge is -2.31. The number of thioether (sulfide) groups is 1. The van der Waals surface area contributed by atoms with Crippen LogP contribution in [-0.4, -0.2) is 39.8 Å². The first-order valence-electron chi connectivity index (χ1n) is 8.88. The number of benzene rings is 1. The molecule has 0 spiro atoms. The van der Waals surface area contributed by atoms with E-state index in [0.29, 0.717) is 11.7 Å². The van der Waals surface area contributed by atoms with Gasteiger partial charge < -0.3 is 5.32 Å². The van der Waals surface area contributed by atoms with E-state index in [1.807, 2.05) is 0 Å². The van der Waals surface area contributed by atoms with Crippen molar-refractivity contribution in [3.8, 4) is 0 Å². The molecule has 2 heterocycles. The van der Waals surface area contributed by atoms with E-state index in [0.717, 1.165) is 48.0 Å². The van der Waals surface area contributed by atoms with Gasteiger partial charge in [0.2, 0.25) is 11.0 Å². The van der Waals surface area contributed by atoms with E-state index in [1.54, 1.807) is 23.9 Å². The van der Waals surface area contributed by atoms with Crippen LogP contribution in [0, 0.1) is 11.7 Å². The highest BCUT2D eigenvalue weighted by atomic mass is 32.2. The van der Waals surface area contributed by atoms with Crippen LogP contribution in [0.4, 0.5) is 9.52 Å². The van der Waals surface area contributed by atoms with Crippen molar-refractivity contribution in [3.63, 3.8) is 0 Å². The summed E-state index contributed by atoms with van der Waals surface area (Å²) in [5.41, 5.74) is 1.06. The van der Waals surface area contributed by atoms with Crippen molar-refractivity contribution >= 4 is 34.1 Å². The fraction of sp³-hybridized carbons (Fsp3) is 0.500. The van der Waals surface area contributed by atoms with Crippen LogP contribution >= 0.6 is 23.1 Å². The van der Waals surface area contributed by atoms with E-state index in [9.17, 15) is 9.18 Å². The van der Waals surface area contributed by atoms with E-state index < -0.39 is 0 Å². The molecule has 1 aromatic carbocycles. The highest BCUT2D eigenvalue weighted by Gasteiger charge is 2.26. The number of anilines is 1. The maximum Gasteiger partial charge on any atom is 0.230 e. The molecule has 1 amide bonds. The first-order valence-corrected chi connectivity index (χ1v) is 10.7. The van der Waals surface area contributed by atoms with Crippen LogP contribution in [0.2, 0.25) is 0 Å². The number of piperidine rings is 1. The molecule has 1 N–H and O–H groups in total. The molecule has 1 saturated heterocycles. The summed E-state index contributed by atoms with van der Waals surface area (Å²) in [4.78, 5) is 14.8. The Balaban J connectivity index is 1.52. The Morgan fingerprint density at radius 1 is 1.38 bits per heavy atom. The zero-order valence-electron chi connectivity index (χ0n) is 14.8. The third kappa shape index (κ3) is 5.49. The maximum absolute atomic E-state index is 13.0. The minimum Gasteiger partial charge on any atom is -0.300 e. The summed E-state index contributed by atoms with van der Waals surface area (Å²) in [7, 11) is 0. The van der Waals surface area contributed by atoms with Crippen molar-refractivity contribution in [2.75, 3.05) is 24.2 Å². The van der Waals surface area contributed by atoms with Gasteiger partial charge in [0.05, 0.1) is 5.92 Å². The molecule has 2 aromatic rings. The minimum absolute atomic E-state index is 0.0111. The fourth-order valence-electron chi connectivity index (χ4n) is 2.98. The first kappa shape index (κ1) is 19.3. The smallest absolute Gasteiger partial charge is 0.230 e. The number of carbonyl (C=O) groups excluding carboxylic acids is 1. The maximum atomic E-state index is 13.0. The molecule has 0 bridgehead atoms. The number of likely N-dealkylation sites (tertiary alicyclic amines) is 1. The summed E-state index contributed by atoms with van der Waals surface area (Å²) >= 11 is 3.09. The molecule has 140 valence electrons. The molecule has 0 unspecified atom stereocenters. The molecule has 1 aliphatic heterocycles. The second-order valence-corrected chi connectivity index (χ2v) is 8.73. The number of amides is 1. The largest absolute Gasteiger partial charge is 0.300 e. The van der Waals surface area contributed by atoms with E-state index in [2.05, 4.69) is 27.3 Å². The number of nitrogens with one attached hydrogen (secondary N) is 1. The minimum atomic E-state index is -0.224. The zero-order valence-corrected chi connectivity index (χ0v) is 16.4. The Hall–Kier alpha value is -1.51. The highest BCUT2D eigenvalue weighted by Crippen LogP contribution is 2.27. The van der Waals surface area contributed by atoms with Crippen LogP contribution in [0.25, 0.3) is 0 Å². The van der Waals surface area contributed by atoms with Crippen molar-refractivity contribution in [3.05, 3.63) is 35.6 Å². The fourth-order valence-corrected chi connectivity index (χ4v) is 4.66. The molecule has 3 rings (SSSR count). The summed E-state index contributed by atoms with van der Waals surface area (Å²) in [6.45, 7) is 4.52. The number of rotatable bonds is 7. The van der Waals surface area contributed by atoms with Crippen LogP contribution in [-0.2, 0) is 11.3 Å². The molecule has 0 radical (unpaired) electrons. The van der Waals surface area contributed by atoms with Crippen molar-refractivity contribution in [2.45, 2.75) is 37.1 Å². The number of hydrogen-bond donors (Lipinski definition) is 1. The molecule has 0 aliphatic carbocycles. The number of aromatic nitrogens is 2. The Bertz CT molecular complexity index is 722. The monoisotopic (exact) mass is 394 g/mol. The van der Waals surface area contributed by atoms with E-state index in [1.165, 1.54) is 23.5 Å². The topological polar surface area (TPSA) is 58.1 Å². The molecular weight excluding hydrogens is 371 g/mol. The summed E-state index contributed by atoms with van der Waals surface area (Å²) < 4.78 is 13.9. The lowest BCUT2D eigenvalue weighted by molar-refractivity contribution is -0.121. The summed E-state index contributed by atoms with van der Waals surface area (Å²) in [6.07, 6.45) is 2.94. The van der Waals surface area contributed by atoms with E-state index in [-0.39, 0.29) is 17.6 Å². The lowest BCUT2D eigenvalue weighted by Crippen LogP contribution is -2.40. The van der Waals surface area contributed by atoms with Crippen molar-refractivity contribution in [1.82, 2.24) is 15.1 Å². The van der Waals surface area contributed by atoms with Crippen LogP contribution in [0.1, 0.15) is 31.7 Å². The second-order valence-electron chi connectivity index (χ2n) is 6.41. The standard InChI is InChI=1S/C18H23FN4OS2/c1-2-10-25-18-22-21-17(26-18)20-16(24)14-4-3-9-23(12-14)11-13-5-7-15(19)8-6-13/h5-8,14H,2-4,9-12H2,1H3,(H,20,21,24)/t14-/m0/s1. The van der Waals surface area contributed by atoms with Crippen LogP contribution in [0.15, 0.2) is 28.6 Å². The van der Waals surface area contributed by atoms with Crippen LogP contribution < -0.4 is 5.32 Å². The highest BCUT2D eigenvalue weighted by molar-refractivity contribution is 8.01. The molecule has 26 heavy (non-hydrogen) atoms. The van der Waals surface area contributed by atoms with E-state index >= 15 is 0 Å². The van der Waals surface area contributed by atoms with Gasteiger partial charge in [-0.25, -0.2) is 4.39 Å². The summed E-state index contributed by atoms with van der Waals surface area (Å²) in [5.74, 6) is 0.735. The molecule has 8 heteroatoms.